The number of hydrogen-bond acceptors (Lipinski definition) is 4. The molecule has 5 heteroatoms. The molecule has 0 aliphatic heterocycles. The van der Waals surface area contributed by atoms with Gasteiger partial charge in [-0.2, -0.15) is 0 Å². The highest BCUT2D eigenvalue weighted by atomic mass is 35.5. The second-order valence-electron chi connectivity index (χ2n) is 5.62. The van der Waals surface area contributed by atoms with E-state index >= 15 is 0 Å². The van der Waals surface area contributed by atoms with Gasteiger partial charge in [-0.15, -0.1) is 0 Å². The van der Waals surface area contributed by atoms with Gasteiger partial charge in [0, 0.05) is 32.4 Å². The maximum atomic E-state index is 6.44. The summed E-state index contributed by atoms with van der Waals surface area (Å²) < 4.78 is 0. The monoisotopic (exact) mass is 312 g/mol. The molecule has 0 saturated carbocycles. The maximum absolute atomic E-state index is 6.44. The third-order valence-electron chi connectivity index (χ3n) is 3.24. The molecule has 1 N–H and O–H groups in total. The Kier molecular flexibility index (Phi) is 8.66. The molecular weight excluding hydrogens is 284 g/mol. The number of aromatic nitrogens is 1. The largest absolute Gasteiger partial charge is 0.354 e. The molecule has 1 heterocycles. The molecule has 0 bridgehead atoms. The standard InChI is InChI=1S/C16H29ClN4/c1-5-7-18-12-14-11-15(17)16(19-13-14)21(8-6-2)10-9-20(3)4/h11,13,18H,5-10,12H2,1-4H3. The van der Waals surface area contributed by atoms with Crippen molar-refractivity contribution in [3.05, 3.63) is 22.8 Å². The first-order valence-electron chi connectivity index (χ1n) is 7.83. The van der Waals surface area contributed by atoms with Gasteiger partial charge < -0.3 is 15.1 Å². The van der Waals surface area contributed by atoms with E-state index in [-0.39, 0.29) is 0 Å². The molecule has 4 nitrogen and oxygen atoms in total. The van der Waals surface area contributed by atoms with Crippen LogP contribution in [0.1, 0.15) is 32.3 Å². The Morgan fingerprint density at radius 1 is 1.14 bits per heavy atom. The SMILES string of the molecule is CCCNCc1cnc(N(CCC)CCN(C)C)c(Cl)c1. The van der Waals surface area contributed by atoms with Crippen LogP contribution in [0.25, 0.3) is 0 Å². The Morgan fingerprint density at radius 2 is 1.90 bits per heavy atom. The number of likely N-dealkylation sites (N-methyl/N-ethyl adjacent to an activating group) is 1. The third kappa shape index (κ3) is 6.64. The Hall–Kier alpha value is -0.840. The van der Waals surface area contributed by atoms with E-state index in [4.69, 9.17) is 11.6 Å². The lowest BCUT2D eigenvalue weighted by molar-refractivity contribution is 0.412. The lowest BCUT2D eigenvalue weighted by Gasteiger charge is -2.26. The highest BCUT2D eigenvalue weighted by Crippen LogP contribution is 2.24. The van der Waals surface area contributed by atoms with Crippen LogP contribution in [0, 0.1) is 0 Å². The first kappa shape index (κ1) is 18.2. The van der Waals surface area contributed by atoms with E-state index in [0.717, 1.165) is 62.0 Å². The number of nitrogens with one attached hydrogen (secondary N) is 1. The van der Waals surface area contributed by atoms with Gasteiger partial charge in [-0.05, 0) is 45.1 Å². The summed E-state index contributed by atoms with van der Waals surface area (Å²) in [6.45, 7) is 9.11. The molecule has 0 unspecified atom stereocenters. The van der Waals surface area contributed by atoms with Crippen LogP contribution in [0.4, 0.5) is 5.82 Å². The van der Waals surface area contributed by atoms with Crippen molar-refractivity contribution in [3.8, 4) is 0 Å². The van der Waals surface area contributed by atoms with Crippen LogP contribution in [0.15, 0.2) is 12.3 Å². The molecule has 1 aromatic heterocycles. The summed E-state index contributed by atoms with van der Waals surface area (Å²) in [6.07, 6.45) is 4.15. The van der Waals surface area contributed by atoms with Crippen LogP contribution in [0.2, 0.25) is 5.02 Å². The quantitative estimate of drug-likeness (QED) is 0.673. The molecule has 120 valence electrons. The molecule has 1 rings (SSSR count). The van der Waals surface area contributed by atoms with Crippen molar-refractivity contribution in [2.75, 3.05) is 45.2 Å². The van der Waals surface area contributed by atoms with Crippen molar-refractivity contribution < 1.29 is 0 Å². The van der Waals surface area contributed by atoms with Crippen molar-refractivity contribution >= 4 is 17.4 Å². The lowest BCUT2D eigenvalue weighted by atomic mass is 10.2. The van der Waals surface area contributed by atoms with Crippen molar-refractivity contribution in [1.82, 2.24) is 15.2 Å². The molecule has 0 aliphatic carbocycles. The molecule has 0 radical (unpaired) electrons. The zero-order valence-corrected chi connectivity index (χ0v) is 14.6. The first-order valence-corrected chi connectivity index (χ1v) is 8.21. The fourth-order valence-electron chi connectivity index (χ4n) is 2.12. The summed E-state index contributed by atoms with van der Waals surface area (Å²) in [5.41, 5.74) is 1.14. The van der Waals surface area contributed by atoms with Crippen LogP contribution in [-0.4, -0.2) is 50.2 Å². The molecule has 0 aliphatic rings. The van der Waals surface area contributed by atoms with E-state index in [1.807, 2.05) is 12.3 Å². The van der Waals surface area contributed by atoms with E-state index in [0.29, 0.717) is 0 Å². The fourth-order valence-corrected chi connectivity index (χ4v) is 2.43. The second-order valence-corrected chi connectivity index (χ2v) is 6.02. The van der Waals surface area contributed by atoms with Crippen molar-refractivity contribution in [3.63, 3.8) is 0 Å². The maximum Gasteiger partial charge on any atom is 0.147 e. The van der Waals surface area contributed by atoms with Crippen LogP contribution < -0.4 is 10.2 Å². The summed E-state index contributed by atoms with van der Waals surface area (Å²) in [5.74, 6) is 0.902. The van der Waals surface area contributed by atoms with Gasteiger partial charge in [0.25, 0.3) is 0 Å². The van der Waals surface area contributed by atoms with Gasteiger partial charge in [-0.3, -0.25) is 0 Å². The fraction of sp³-hybridized carbons (Fsp3) is 0.688. The van der Waals surface area contributed by atoms with Crippen molar-refractivity contribution in [2.24, 2.45) is 0 Å². The molecule has 0 atom stereocenters. The van der Waals surface area contributed by atoms with Gasteiger partial charge in [-0.25, -0.2) is 4.98 Å². The van der Waals surface area contributed by atoms with Gasteiger partial charge in [0.05, 0.1) is 5.02 Å². The Bertz CT molecular complexity index is 409. The average molecular weight is 313 g/mol. The Balaban J connectivity index is 2.74. The smallest absolute Gasteiger partial charge is 0.147 e. The van der Waals surface area contributed by atoms with Crippen LogP contribution >= 0.6 is 11.6 Å². The van der Waals surface area contributed by atoms with Crippen LogP contribution in [0.5, 0.6) is 0 Å². The summed E-state index contributed by atoms with van der Waals surface area (Å²) in [4.78, 5) is 9.04. The number of anilines is 1. The number of rotatable bonds is 10. The van der Waals surface area contributed by atoms with Gasteiger partial charge in [0.1, 0.15) is 5.82 Å². The molecule has 0 spiro atoms. The molecule has 0 aromatic carbocycles. The Labute approximate surface area is 134 Å². The van der Waals surface area contributed by atoms with Gasteiger partial charge in [-0.1, -0.05) is 25.4 Å². The predicted octanol–water partition coefficient (Wildman–Crippen LogP) is 3.01. The van der Waals surface area contributed by atoms with Gasteiger partial charge in [0.15, 0.2) is 0 Å². The summed E-state index contributed by atoms with van der Waals surface area (Å²) in [6, 6.07) is 2.03. The van der Waals surface area contributed by atoms with Crippen molar-refractivity contribution in [1.29, 1.82) is 0 Å². The van der Waals surface area contributed by atoms with E-state index in [9.17, 15) is 0 Å². The highest BCUT2D eigenvalue weighted by Gasteiger charge is 2.12. The molecule has 1 aromatic rings. The normalized spacial score (nSPS) is 11.1. The zero-order valence-electron chi connectivity index (χ0n) is 13.8. The number of pyridine rings is 1. The minimum atomic E-state index is 0.748. The summed E-state index contributed by atoms with van der Waals surface area (Å²) in [5, 5.41) is 4.12. The topological polar surface area (TPSA) is 31.4 Å². The van der Waals surface area contributed by atoms with E-state index < -0.39 is 0 Å². The number of halogens is 1. The zero-order chi connectivity index (χ0) is 15.7. The van der Waals surface area contributed by atoms with Crippen LogP contribution in [-0.2, 0) is 6.54 Å². The second kappa shape index (κ2) is 9.98. The number of hydrogen-bond donors (Lipinski definition) is 1. The predicted molar refractivity (Wildman–Crippen MR) is 92.3 cm³/mol. The highest BCUT2D eigenvalue weighted by molar-refractivity contribution is 6.33. The number of nitrogens with zero attached hydrogens (tertiary/aromatic N) is 3. The Morgan fingerprint density at radius 3 is 2.48 bits per heavy atom. The molecule has 0 saturated heterocycles. The van der Waals surface area contributed by atoms with Gasteiger partial charge in [0.2, 0.25) is 0 Å². The summed E-state index contributed by atoms with van der Waals surface area (Å²) in [7, 11) is 4.17. The van der Waals surface area contributed by atoms with Crippen molar-refractivity contribution in [2.45, 2.75) is 33.2 Å². The van der Waals surface area contributed by atoms with E-state index in [1.54, 1.807) is 0 Å². The molecule has 0 fully saturated rings. The minimum absolute atomic E-state index is 0.748. The van der Waals surface area contributed by atoms with E-state index in [1.165, 1.54) is 0 Å². The average Bonchev–Trinajstić information content (AvgIpc) is 2.44. The minimum Gasteiger partial charge on any atom is -0.354 e. The summed E-state index contributed by atoms with van der Waals surface area (Å²) >= 11 is 6.44. The van der Waals surface area contributed by atoms with Crippen LogP contribution in [0.3, 0.4) is 0 Å². The third-order valence-corrected chi connectivity index (χ3v) is 3.52. The lowest BCUT2D eigenvalue weighted by Crippen LogP contribution is -2.33. The first-order chi connectivity index (χ1) is 10.1. The van der Waals surface area contributed by atoms with E-state index in [2.05, 4.69) is 48.0 Å². The molecule has 21 heavy (non-hydrogen) atoms. The molecular formula is C16H29ClN4. The molecule has 0 amide bonds. The van der Waals surface area contributed by atoms with Gasteiger partial charge >= 0.3 is 0 Å².